The van der Waals surface area contributed by atoms with Crippen LogP contribution in [0.5, 0.6) is 0 Å². The molecule has 3 heterocycles. The number of carbonyl (C=O) groups excluding carboxylic acids is 1. The van der Waals surface area contributed by atoms with E-state index in [9.17, 15) is 4.79 Å². The van der Waals surface area contributed by atoms with Crippen LogP contribution in [-0.4, -0.2) is 63.0 Å². The molecule has 7 heteroatoms. The maximum atomic E-state index is 12.9. The van der Waals surface area contributed by atoms with E-state index >= 15 is 0 Å². The first-order valence-electron chi connectivity index (χ1n) is 10.1. The van der Waals surface area contributed by atoms with E-state index in [1.54, 1.807) is 11.3 Å². The topological polar surface area (TPSA) is 54.3 Å². The molecule has 0 spiro atoms. The molecule has 2 fully saturated rings. The Morgan fingerprint density at radius 2 is 2.11 bits per heavy atom. The maximum absolute atomic E-state index is 12.9. The molecule has 0 radical (unpaired) electrons. The summed E-state index contributed by atoms with van der Waals surface area (Å²) in [7, 11) is 2.11. The molecule has 0 aromatic carbocycles. The van der Waals surface area contributed by atoms with Crippen LogP contribution in [0.25, 0.3) is 0 Å². The number of thiazole rings is 1. The first kappa shape index (κ1) is 18.6. The second-order valence-electron chi connectivity index (χ2n) is 7.93. The number of rotatable bonds is 6. The van der Waals surface area contributed by atoms with Crippen molar-refractivity contribution in [1.82, 2.24) is 24.3 Å². The lowest BCUT2D eigenvalue weighted by molar-refractivity contribution is -0.133. The Balaban J connectivity index is 1.38. The Kier molecular flexibility index (Phi) is 5.88. The first-order chi connectivity index (χ1) is 13.2. The lowest BCUT2D eigenvalue weighted by Crippen LogP contribution is -2.45. The molecule has 2 aliphatic rings. The third-order valence-corrected chi connectivity index (χ3v) is 6.67. The molecular formula is C20H29N5OS. The fourth-order valence-electron chi connectivity index (χ4n) is 4.51. The molecule has 27 heavy (non-hydrogen) atoms. The summed E-state index contributed by atoms with van der Waals surface area (Å²) in [6, 6.07) is 0.589. The molecule has 0 bridgehead atoms. The van der Waals surface area contributed by atoms with Gasteiger partial charge in [-0.05, 0) is 32.7 Å². The summed E-state index contributed by atoms with van der Waals surface area (Å²) in [5.41, 5.74) is 2.94. The molecule has 146 valence electrons. The summed E-state index contributed by atoms with van der Waals surface area (Å²) in [6.07, 6.45) is 11.1. The summed E-state index contributed by atoms with van der Waals surface area (Å²) in [5, 5.41) is 2.08. The number of likely N-dealkylation sites (N-methyl/N-ethyl adjacent to an activating group) is 1. The van der Waals surface area contributed by atoms with Gasteiger partial charge in [0, 0.05) is 42.8 Å². The largest absolute Gasteiger partial charge is 0.341 e. The Labute approximate surface area is 165 Å². The molecule has 0 N–H and O–H groups in total. The van der Waals surface area contributed by atoms with Crippen molar-refractivity contribution >= 4 is 17.2 Å². The summed E-state index contributed by atoms with van der Waals surface area (Å²) in [4.78, 5) is 26.2. The van der Waals surface area contributed by atoms with Gasteiger partial charge in [-0.1, -0.05) is 12.8 Å². The fraction of sp³-hybridized carbons (Fsp3) is 0.650. The van der Waals surface area contributed by atoms with E-state index in [0.717, 1.165) is 44.0 Å². The SMILES string of the molecule is CN(CC(=O)N1CCC[C@@H](c2nccn2Cc2cscn2)C1)C1CCCC1. The van der Waals surface area contributed by atoms with Gasteiger partial charge in [-0.15, -0.1) is 11.3 Å². The van der Waals surface area contributed by atoms with Gasteiger partial charge in [0.15, 0.2) is 0 Å². The number of imidazole rings is 1. The van der Waals surface area contributed by atoms with E-state index in [1.165, 1.54) is 25.7 Å². The molecule has 2 aromatic rings. The molecule has 1 amide bonds. The smallest absolute Gasteiger partial charge is 0.236 e. The lowest BCUT2D eigenvalue weighted by Gasteiger charge is -2.34. The average molecular weight is 388 g/mol. The van der Waals surface area contributed by atoms with Crippen molar-refractivity contribution < 1.29 is 4.79 Å². The van der Waals surface area contributed by atoms with Gasteiger partial charge in [0.25, 0.3) is 0 Å². The minimum Gasteiger partial charge on any atom is -0.341 e. The highest BCUT2D eigenvalue weighted by Gasteiger charge is 2.29. The molecule has 1 aliphatic heterocycles. The molecule has 1 aliphatic carbocycles. The van der Waals surface area contributed by atoms with Crippen LogP contribution in [-0.2, 0) is 11.3 Å². The third kappa shape index (κ3) is 4.41. The van der Waals surface area contributed by atoms with E-state index in [0.29, 0.717) is 18.5 Å². The van der Waals surface area contributed by atoms with Crippen LogP contribution in [0.15, 0.2) is 23.3 Å². The van der Waals surface area contributed by atoms with E-state index < -0.39 is 0 Å². The predicted molar refractivity (Wildman–Crippen MR) is 107 cm³/mol. The Morgan fingerprint density at radius 1 is 1.26 bits per heavy atom. The van der Waals surface area contributed by atoms with Gasteiger partial charge in [0.05, 0.1) is 24.3 Å². The van der Waals surface area contributed by atoms with Gasteiger partial charge in [0.2, 0.25) is 5.91 Å². The van der Waals surface area contributed by atoms with Crippen LogP contribution < -0.4 is 0 Å². The van der Waals surface area contributed by atoms with Gasteiger partial charge in [0.1, 0.15) is 5.82 Å². The van der Waals surface area contributed by atoms with Crippen molar-refractivity contribution in [3.05, 3.63) is 34.8 Å². The number of amides is 1. The van der Waals surface area contributed by atoms with E-state index in [1.807, 2.05) is 17.9 Å². The molecule has 1 saturated heterocycles. The normalized spacial score (nSPS) is 21.3. The highest BCUT2D eigenvalue weighted by molar-refractivity contribution is 7.07. The second kappa shape index (κ2) is 8.52. The molecule has 1 saturated carbocycles. The summed E-state index contributed by atoms with van der Waals surface area (Å²) >= 11 is 1.62. The van der Waals surface area contributed by atoms with Crippen molar-refractivity contribution in [2.24, 2.45) is 0 Å². The van der Waals surface area contributed by atoms with Crippen LogP contribution in [0.3, 0.4) is 0 Å². The maximum Gasteiger partial charge on any atom is 0.236 e. The van der Waals surface area contributed by atoms with Crippen molar-refractivity contribution in [1.29, 1.82) is 0 Å². The van der Waals surface area contributed by atoms with Gasteiger partial charge < -0.3 is 9.47 Å². The van der Waals surface area contributed by atoms with Crippen LogP contribution in [0.2, 0.25) is 0 Å². The van der Waals surface area contributed by atoms with Gasteiger partial charge in [-0.25, -0.2) is 9.97 Å². The van der Waals surface area contributed by atoms with E-state index in [4.69, 9.17) is 0 Å². The monoisotopic (exact) mass is 387 g/mol. The second-order valence-corrected chi connectivity index (χ2v) is 8.64. The van der Waals surface area contributed by atoms with E-state index in [2.05, 4.69) is 36.8 Å². The summed E-state index contributed by atoms with van der Waals surface area (Å²) in [5.74, 6) is 1.67. The average Bonchev–Trinajstić information content (AvgIpc) is 3.45. The molecule has 0 unspecified atom stereocenters. The summed E-state index contributed by atoms with van der Waals surface area (Å²) in [6.45, 7) is 2.96. The van der Waals surface area contributed by atoms with Gasteiger partial charge in [-0.2, -0.15) is 0 Å². The molecule has 1 atom stereocenters. The lowest BCUT2D eigenvalue weighted by atomic mass is 9.97. The number of hydrogen-bond donors (Lipinski definition) is 0. The third-order valence-electron chi connectivity index (χ3n) is 6.04. The molecule has 2 aromatic heterocycles. The Hall–Kier alpha value is -1.73. The predicted octanol–water partition coefficient (Wildman–Crippen LogP) is 2.97. The van der Waals surface area contributed by atoms with Crippen LogP contribution in [0, 0.1) is 0 Å². The number of likely N-dealkylation sites (tertiary alicyclic amines) is 1. The Bertz CT molecular complexity index is 737. The zero-order valence-corrected chi connectivity index (χ0v) is 16.9. The highest BCUT2D eigenvalue weighted by Crippen LogP contribution is 2.27. The van der Waals surface area contributed by atoms with E-state index in [-0.39, 0.29) is 5.91 Å². The van der Waals surface area contributed by atoms with Gasteiger partial charge in [-0.3, -0.25) is 9.69 Å². The zero-order valence-electron chi connectivity index (χ0n) is 16.1. The number of piperidine rings is 1. The fourth-order valence-corrected chi connectivity index (χ4v) is 5.06. The quantitative estimate of drug-likeness (QED) is 0.765. The van der Waals surface area contributed by atoms with Crippen LogP contribution >= 0.6 is 11.3 Å². The highest BCUT2D eigenvalue weighted by atomic mass is 32.1. The van der Waals surface area contributed by atoms with Crippen molar-refractivity contribution in [3.8, 4) is 0 Å². The van der Waals surface area contributed by atoms with Crippen molar-refractivity contribution in [3.63, 3.8) is 0 Å². The van der Waals surface area contributed by atoms with Crippen LogP contribution in [0.4, 0.5) is 0 Å². The number of carbonyl (C=O) groups is 1. The standard InChI is InChI=1S/C20H29N5OS/c1-23(18-6-2-3-7-18)13-19(26)24-9-4-5-16(11-24)20-21-8-10-25(20)12-17-14-27-15-22-17/h8,10,14-16,18H,2-7,9,11-13H2,1H3/t16-/m1/s1. The van der Waals surface area contributed by atoms with Crippen LogP contribution in [0.1, 0.15) is 56.0 Å². The Morgan fingerprint density at radius 3 is 2.89 bits per heavy atom. The number of nitrogens with zero attached hydrogens (tertiary/aromatic N) is 5. The molecular weight excluding hydrogens is 358 g/mol. The molecule has 4 rings (SSSR count). The summed E-state index contributed by atoms with van der Waals surface area (Å²) < 4.78 is 2.19. The number of hydrogen-bond acceptors (Lipinski definition) is 5. The van der Waals surface area contributed by atoms with Crippen molar-refractivity contribution in [2.75, 3.05) is 26.7 Å². The van der Waals surface area contributed by atoms with Crippen molar-refractivity contribution in [2.45, 2.75) is 57.0 Å². The number of aromatic nitrogens is 3. The zero-order chi connectivity index (χ0) is 18.6. The first-order valence-corrected chi connectivity index (χ1v) is 11.0. The molecule has 6 nitrogen and oxygen atoms in total. The minimum atomic E-state index is 0.270. The minimum absolute atomic E-state index is 0.270. The van der Waals surface area contributed by atoms with Gasteiger partial charge >= 0.3 is 0 Å².